The highest BCUT2D eigenvalue weighted by Crippen LogP contribution is 2.18. The van der Waals surface area contributed by atoms with E-state index in [1.807, 2.05) is 12.1 Å². The first-order valence-electron chi connectivity index (χ1n) is 5.50. The Balaban J connectivity index is 2.13. The first-order chi connectivity index (χ1) is 9.20. The molecule has 1 aromatic heterocycles. The lowest BCUT2D eigenvalue weighted by atomic mass is 10.2. The minimum atomic E-state index is -0.0199. The van der Waals surface area contributed by atoms with E-state index < -0.39 is 0 Å². The molecule has 0 aliphatic rings. The summed E-state index contributed by atoms with van der Waals surface area (Å²) in [5, 5.41) is 12.3. The molecule has 5 nitrogen and oxygen atoms in total. The van der Waals surface area contributed by atoms with Gasteiger partial charge in [-0.25, -0.2) is 0 Å². The Hall–Kier alpha value is -2.27. The predicted molar refractivity (Wildman–Crippen MR) is 72.5 cm³/mol. The highest BCUT2D eigenvalue weighted by Gasteiger charge is 2.08. The fraction of sp³-hybridized carbons (Fsp3) is 0.0769. The number of aromatic nitrogens is 1. The van der Waals surface area contributed by atoms with Crippen LogP contribution in [0, 0.1) is 0 Å². The first kappa shape index (κ1) is 13.2. The van der Waals surface area contributed by atoms with Crippen LogP contribution in [0.25, 0.3) is 0 Å². The number of ether oxygens (including phenoxy) is 1. The number of amidine groups is 1. The van der Waals surface area contributed by atoms with Crippen molar-refractivity contribution in [3.8, 4) is 5.75 Å². The van der Waals surface area contributed by atoms with E-state index in [2.05, 4.69) is 10.1 Å². The van der Waals surface area contributed by atoms with Gasteiger partial charge in [0.2, 0.25) is 0 Å². The van der Waals surface area contributed by atoms with E-state index in [9.17, 15) is 0 Å². The van der Waals surface area contributed by atoms with Gasteiger partial charge in [0, 0.05) is 11.2 Å². The number of halogens is 1. The van der Waals surface area contributed by atoms with Crippen molar-refractivity contribution < 1.29 is 9.94 Å². The van der Waals surface area contributed by atoms with Crippen LogP contribution in [0.2, 0.25) is 5.02 Å². The summed E-state index contributed by atoms with van der Waals surface area (Å²) in [5.74, 6) is 0.432. The van der Waals surface area contributed by atoms with Crippen molar-refractivity contribution in [1.29, 1.82) is 0 Å². The molecule has 1 aromatic carbocycles. The van der Waals surface area contributed by atoms with Crippen LogP contribution in [-0.2, 0) is 6.61 Å². The van der Waals surface area contributed by atoms with Gasteiger partial charge in [0.25, 0.3) is 0 Å². The summed E-state index contributed by atoms with van der Waals surface area (Å²) in [6, 6.07) is 8.91. The zero-order valence-corrected chi connectivity index (χ0v) is 10.7. The zero-order valence-electron chi connectivity index (χ0n) is 9.95. The van der Waals surface area contributed by atoms with Crippen molar-refractivity contribution in [3.05, 3.63) is 58.9 Å². The number of nitrogens with zero attached hydrogens (tertiary/aromatic N) is 2. The lowest BCUT2D eigenvalue weighted by Crippen LogP contribution is -2.15. The molecule has 1 heterocycles. The molecule has 0 radical (unpaired) electrons. The van der Waals surface area contributed by atoms with Gasteiger partial charge in [-0.3, -0.25) is 4.98 Å². The number of oxime groups is 1. The maximum Gasteiger partial charge on any atom is 0.173 e. The second-order valence-corrected chi connectivity index (χ2v) is 4.21. The number of nitrogens with two attached hydrogens (primary N) is 1. The van der Waals surface area contributed by atoms with Crippen molar-refractivity contribution in [2.45, 2.75) is 6.61 Å². The molecule has 0 fully saturated rings. The van der Waals surface area contributed by atoms with Crippen LogP contribution in [0.1, 0.15) is 11.1 Å². The summed E-state index contributed by atoms with van der Waals surface area (Å²) in [5.41, 5.74) is 7.01. The Morgan fingerprint density at radius 3 is 2.74 bits per heavy atom. The van der Waals surface area contributed by atoms with E-state index in [4.69, 9.17) is 27.3 Å². The average molecular weight is 278 g/mol. The predicted octanol–water partition coefficient (Wildman–Crippen LogP) is 2.41. The van der Waals surface area contributed by atoms with E-state index in [0.29, 0.717) is 22.9 Å². The monoisotopic (exact) mass is 277 g/mol. The van der Waals surface area contributed by atoms with Crippen LogP contribution >= 0.6 is 11.6 Å². The van der Waals surface area contributed by atoms with E-state index in [-0.39, 0.29) is 5.84 Å². The molecule has 0 aliphatic carbocycles. The topological polar surface area (TPSA) is 80.7 Å². The number of hydrogen-bond acceptors (Lipinski definition) is 4. The molecule has 98 valence electrons. The fourth-order valence-electron chi connectivity index (χ4n) is 1.50. The minimum absolute atomic E-state index is 0.0199. The first-order valence-corrected chi connectivity index (χ1v) is 5.87. The fourth-order valence-corrected chi connectivity index (χ4v) is 1.63. The molecule has 0 aliphatic heterocycles. The Bertz CT molecular complexity index is 585. The molecule has 2 rings (SSSR count). The van der Waals surface area contributed by atoms with Gasteiger partial charge < -0.3 is 15.7 Å². The largest absolute Gasteiger partial charge is 0.487 e. The molecule has 0 bridgehead atoms. The molecule has 2 aromatic rings. The Labute approximate surface area is 115 Å². The second kappa shape index (κ2) is 6.06. The van der Waals surface area contributed by atoms with E-state index in [0.717, 1.165) is 5.56 Å². The van der Waals surface area contributed by atoms with Crippen LogP contribution < -0.4 is 10.5 Å². The summed E-state index contributed by atoms with van der Waals surface area (Å²) in [6.45, 7) is 0.342. The lowest BCUT2D eigenvalue weighted by Gasteiger charge is -2.09. The molecule has 0 saturated carbocycles. The minimum Gasteiger partial charge on any atom is -0.487 e. The van der Waals surface area contributed by atoms with Crippen LogP contribution in [-0.4, -0.2) is 16.0 Å². The number of pyridine rings is 1. The highest BCUT2D eigenvalue weighted by molar-refractivity contribution is 6.30. The Morgan fingerprint density at radius 2 is 2.05 bits per heavy atom. The van der Waals surface area contributed by atoms with Gasteiger partial charge in [0.1, 0.15) is 12.4 Å². The molecule has 6 heteroatoms. The van der Waals surface area contributed by atoms with Crippen molar-refractivity contribution in [2.75, 3.05) is 0 Å². The third-order valence-corrected chi connectivity index (χ3v) is 2.73. The highest BCUT2D eigenvalue weighted by atomic mass is 35.5. The lowest BCUT2D eigenvalue weighted by molar-refractivity contribution is 0.302. The molecule has 19 heavy (non-hydrogen) atoms. The summed E-state index contributed by atoms with van der Waals surface area (Å²) >= 11 is 5.80. The number of hydrogen-bond donors (Lipinski definition) is 2. The van der Waals surface area contributed by atoms with Crippen molar-refractivity contribution >= 4 is 17.4 Å². The second-order valence-electron chi connectivity index (χ2n) is 3.77. The van der Waals surface area contributed by atoms with Crippen molar-refractivity contribution in [2.24, 2.45) is 10.9 Å². The summed E-state index contributed by atoms with van der Waals surface area (Å²) in [7, 11) is 0. The Kier molecular flexibility index (Phi) is 4.20. The van der Waals surface area contributed by atoms with Gasteiger partial charge in [0.05, 0.1) is 11.8 Å². The summed E-state index contributed by atoms with van der Waals surface area (Å²) < 4.78 is 5.61. The smallest absolute Gasteiger partial charge is 0.173 e. The number of rotatable bonds is 4. The summed E-state index contributed by atoms with van der Waals surface area (Å²) in [6.07, 6.45) is 3.06. The molecule has 0 amide bonds. The summed E-state index contributed by atoms with van der Waals surface area (Å²) in [4.78, 5) is 3.95. The zero-order chi connectivity index (χ0) is 13.7. The third kappa shape index (κ3) is 3.35. The Morgan fingerprint density at radius 1 is 1.32 bits per heavy atom. The van der Waals surface area contributed by atoms with Gasteiger partial charge in [-0.05, 0) is 23.8 Å². The number of benzene rings is 1. The molecule has 0 spiro atoms. The maximum atomic E-state index is 8.70. The molecule has 0 saturated heterocycles. The van der Waals surface area contributed by atoms with E-state index in [1.165, 1.54) is 6.20 Å². The SMILES string of the molecule is N/C(=N/O)c1ccncc1OCc1ccc(Cl)cc1. The van der Waals surface area contributed by atoms with E-state index >= 15 is 0 Å². The van der Waals surface area contributed by atoms with Gasteiger partial charge in [-0.1, -0.05) is 28.9 Å². The van der Waals surface area contributed by atoms with Gasteiger partial charge in [-0.2, -0.15) is 0 Å². The van der Waals surface area contributed by atoms with Crippen LogP contribution in [0.5, 0.6) is 5.75 Å². The van der Waals surface area contributed by atoms with Crippen LogP contribution in [0.15, 0.2) is 47.9 Å². The average Bonchev–Trinajstić information content (AvgIpc) is 2.46. The van der Waals surface area contributed by atoms with E-state index in [1.54, 1.807) is 24.4 Å². The molecule has 0 unspecified atom stereocenters. The molecule has 3 N–H and O–H groups in total. The van der Waals surface area contributed by atoms with Gasteiger partial charge in [-0.15, -0.1) is 0 Å². The van der Waals surface area contributed by atoms with Crippen LogP contribution in [0.3, 0.4) is 0 Å². The maximum absolute atomic E-state index is 8.70. The molecule has 0 atom stereocenters. The molecular weight excluding hydrogens is 266 g/mol. The van der Waals surface area contributed by atoms with Crippen molar-refractivity contribution in [3.63, 3.8) is 0 Å². The van der Waals surface area contributed by atoms with Gasteiger partial charge in [0.15, 0.2) is 5.84 Å². The normalized spacial score (nSPS) is 11.3. The third-order valence-electron chi connectivity index (χ3n) is 2.48. The van der Waals surface area contributed by atoms with Gasteiger partial charge >= 0.3 is 0 Å². The molecular formula is C13H12ClN3O2. The standard InChI is InChI=1S/C13H12ClN3O2/c14-10-3-1-9(2-4-10)8-19-12-7-16-6-5-11(12)13(15)17-18/h1-7,18H,8H2,(H2,15,17). The quantitative estimate of drug-likeness (QED) is 0.389. The van der Waals surface area contributed by atoms with Crippen LogP contribution in [0.4, 0.5) is 0 Å². The van der Waals surface area contributed by atoms with Crippen molar-refractivity contribution in [1.82, 2.24) is 4.98 Å².